The molecule has 0 aromatic rings. The Bertz CT molecular complexity index is 329. The zero-order chi connectivity index (χ0) is 15.1. The highest BCUT2D eigenvalue weighted by atomic mass is 35.5. The lowest BCUT2D eigenvalue weighted by atomic mass is 10.0. The SMILES string of the molecule is CC(C)C[C@H](NC(=O)C1CCCCN1)C(=O)OC(C)C.Cl. The molecule has 0 saturated carbocycles. The summed E-state index contributed by atoms with van der Waals surface area (Å²) < 4.78 is 5.23. The van der Waals surface area contributed by atoms with E-state index < -0.39 is 6.04 Å². The standard InChI is InChI=1S/C15H28N2O3.ClH/c1-10(2)9-13(15(19)20-11(3)4)17-14(18)12-7-5-6-8-16-12;/h10-13,16H,5-9H2,1-4H3,(H,17,18);1H/t12?,13-;/m0./s1. The van der Waals surface area contributed by atoms with E-state index >= 15 is 0 Å². The Kier molecular flexibility index (Phi) is 9.62. The molecule has 0 aromatic carbocycles. The van der Waals surface area contributed by atoms with Gasteiger partial charge in [0.1, 0.15) is 6.04 Å². The molecule has 0 aromatic heterocycles. The van der Waals surface area contributed by atoms with Gasteiger partial charge >= 0.3 is 5.97 Å². The minimum Gasteiger partial charge on any atom is -0.461 e. The fraction of sp³-hybridized carbons (Fsp3) is 0.867. The fourth-order valence-electron chi connectivity index (χ4n) is 2.35. The predicted molar refractivity (Wildman–Crippen MR) is 85.5 cm³/mol. The average Bonchev–Trinajstić information content (AvgIpc) is 2.37. The molecule has 5 nitrogen and oxygen atoms in total. The molecule has 2 atom stereocenters. The van der Waals surface area contributed by atoms with Gasteiger partial charge in [0.2, 0.25) is 5.91 Å². The van der Waals surface area contributed by atoms with Crippen LogP contribution in [0.5, 0.6) is 0 Å². The first-order chi connectivity index (χ1) is 9.40. The van der Waals surface area contributed by atoms with Gasteiger partial charge < -0.3 is 15.4 Å². The van der Waals surface area contributed by atoms with E-state index in [0.717, 1.165) is 25.8 Å². The third-order valence-electron chi connectivity index (χ3n) is 3.29. The number of hydrogen-bond acceptors (Lipinski definition) is 4. The molecule has 1 saturated heterocycles. The Morgan fingerprint density at radius 3 is 2.38 bits per heavy atom. The molecule has 1 aliphatic rings. The van der Waals surface area contributed by atoms with Crippen LogP contribution < -0.4 is 10.6 Å². The van der Waals surface area contributed by atoms with Crippen molar-refractivity contribution < 1.29 is 14.3 Å². The highest BCUT2D eigenvalue weighted by Gasteiger charge is 2.28. The van der Waals surface area contributed by atoms with Gasteiger partial charge in [0.25, 0.3) is 0 Å². The van der Waals surface area contributed by atoms with Gasteiger partial charge in [-0.15, -0.1) is 12.4 Å². The van der Waals surface area contributed by atoms with E-state index in [1.54, 1.807) is 0 Å². The van der Waals surface area contributed by atoms with Crippen molar-refractivity contribution in [2.75, 3.05) is 6.54 Å². The third kappa shape index (κ3) is 7.67. The summed E-state index contributed by atoms with van der Waals surface area (Å²) in [5, 5.41) is 6.04. The minimum absolute atomic E-state index is 0. The van der Waals surface area contributed by atoms with Crippen LogP contribution in [0.2, 0.25) is 0 Å². The molecular formula is C15H29ClN2O3. The maximum atomic E-state index is 12.2. The molecule has 6 heteroatoms. The lowest BCUT2D eigenvalue weighted by Gasteiger charge is -2.26. The summed E-state index contributed by atoms with van der Waals surface area (Å²) in [4.78, 5) is 24.2. The van der Waals surface area contributed by atoms with Gasteiger partial charge in [0.15, 0.2) is 0 Å². The summed E-state index contributed by atoms with van der Waals surface area (Å²) in [7, 11) is 0. The highest BCUT2D eigenvalue weighted by molar-refractivity contribution is 5.87. The molecule has 1 unspecified atom stereocenters. The number of carbonyl (C=O) groups is 2. The number of rotatable bonds is 6. The van der Waals surface area contributed by atoms with E-state index in [4.69, 9.17) is 4.74 Å². The van der Waals surface area contributed by atoms with Crippen LogP contribution in [-0.4, -0.2) is 36.6 Å². The second-order valence-corrected chi connectivity index (χ2v) is 6.18. The summed E-state index contributed by atoms with van der Waals surface area (Å²) in [5.74, 6) is -0.103. The van der Waals surface area contributed by atoms with Crippen LogP contribution in [0.3, 0.4) is 0 Å². The molecular weight excluding hydrogens is 292 g/mol. The van der Waals surface area contributed by atoms with Crippen LogP contribution >= 0.6 is 12.4 Å². The van der Waals surface area contributed by atoms with Gasteiger partial charge in [-0.2, -0.15) is 0 Å². The van der Waals surface area contributed by atoms with Gasteiger partial charge in [-0.3, -0.25) is 4.79 Å². The number of ether oxygens (including phenoxy) is 1. The number of esters is 1. The van der Waals surface area contributed by atoms with Crippen LogP contribution in [0.25, 0.3) is 0 Å². The Morgan fingerprint density at radius 2 is 1.90 bits per heavy atom. The van der Waals surface area contributed by atoms with Crippen molar-refractivity contribution in [3.63, 3.8) is 0 Å². The molecule has 1 aliphatic heterocycles. The molecule has 0 spiro atoms. The van der Waals surface area contributed by atoms with Gasteiger partial charge in [0.05, 0.1) is 12.1 Å². The van der Waals surface area contributed by atoms with Gasteiger partial charge in [-0.05, 0) is 45.6 Å². The van der Waals surface area contributed by atoms with Crippen molar-refractivity contribution in [2.24, 2.45) is 5.92 Å². The number of nitrogens with one attached hydrogen (secondary N) is 2. The van der Waals surface area contributed by atoms with Crippen molar-refractivity contribution >= 4 is 24.3 Å². The Hall–Kier alpha value is -0.810. The van der Waals surface area contributed by atoms with Crippen molar-refractivity contribution in [3.05, 3.63) is 0 Å². The number of piperidine rings is 1. The average molecular weight is 321 g/mol. The second kappa shape index (κ2) is 10.0. The topological polar surface area (TPSA) is 67.4 Å². The van der Waals surface area contributed by atoms with E-state index in [-0.39, 0.29) is 36.4 Å². The zero-order valence-electron chi connectivity index (χ0n) is 13.5. The number of amides is 1. The third-order valence-corrected chi connectivity index (χ3v) is 3.29. The van der Waals surface area contributed by atoms with Gasteiger partial charge in [-0.25, -0.2) is 4.79 Å². The number of carbonyl (C=O) groups excluding carboxylic acids is 2. The summed E-state index contributed by atoms with van der Waals surface area (Å²) >= 11 is 0. The van der Waals surface area contributed by atoms with Crippen LogP contribution in [0.4, 0.5) is 0 Å². The van der Waals surface area contributed by atoms with E-state index in [1.165, 1.54) is 0 Å². The predicted octanol–water partition coefficient (Wildman–Crippen LogP) is 2.03. The van der Waals surface area contributed by atoms with Crippen molar-refractivity contribution in [1.29, 1.82) is 0 Å². The molecule has 1 heterocycles. The molecule has 0 bridgehead atoms. The van der Waals surface area contributed by atoms with Crippen LogP contribution in [-0.2, 0) is 14.3 Å². The van der Waals surface area contributed by atoms with Gasteiger partial charge in [-0.1, -0.05) is 20.3 Å². The smallest absolute Gasteiger partial charge is 0.328 e. The maximum Gasteiger partial charge on any atom is 0.328 e. The van der Waals surface area contributed by atoms with Crippen LogP contribution in [0.1, 0.15) is 53.4 Å². The fourth-order valence-corrected chi connectivity index (χ4v) is 2.35. The van der Waals surface area contributed by atoms with E-state index in [9.17, 15) is 9.59 Å². The molecule has 0 radical (unpaired) electrons. The highest BCUT2D eigenvalue weighted by Crippen LogP contribution is 2.11. The molecule has 1 rings (SSSR count). The Morgan fingerprint density at radius 1 is 1.24 bits per heavy atom. The second-order valence-electron chi connectivity index (χ2n) is 6.18. The first-order valence-corrected chi connectivity index (χ1v) is 7.64. The van der Waals surface area contributed by atoms with E-state index in [2.05, 4.69) is 10.6 Å². The molecule has 21 heavy (non-hydrogen) atoms. The van der Waals surface area contributed by atoms with Crippen molar-refractivity contribution in [3.8, 4) is 0 Å². The molecule has 124 valence electrons. The van der Waals surface area contributed by atoms with Gasteiger partial charge in [0, 0.05) is 0 Å². The Balaban J connectivity index is 0.00000400. The number of hydrogen-bond donors (Lipinski definition) is 2. The molecule has 0 aliphatic carbocycles. The minimum atomic E-state index is -0.548. The lowest BCUT2D eigenvalue weighted by Crippen LogP contribution is -2.52. The largest absolute Gasteiger partial charge is 0.461 e. The number of halogens is 1. The van der Waals surface area contributed by atoms with Crippen molar-refractivity contribution in [2.45, 2.75) is 71.6 Å². The first-order valence-electron chi connectivity index (χ1n) is 7.64. The van der Waals surface area contributed by atoms with E-state index in [1.807, 2.05) is 27.7 Å². The van der Waals surface area contributed by atoms with Crippen LogP contribution in [0.15, 0.2) is 0 Å². The summed E-state index contributed by atoms with van der Waals surface area (Å²) in [5.41, 5.74) is 0. The summed E-state index contributed by atoms with van der Waals surface area (Å²) in [6.45, 7) is 8.55. The maximum absolute atomic E-state index is 12.2. The molecule has 2 N–H and O–H groups in total. The van der Waals surface area contributed by atoms with Crippen molar-refractivity contribution in [1.82, 2.24) is 10.6 Å². The summed E-state index contributed by atoms with van der Waals surface area (Å²) in [6.07, 6.45) is 3.43. The lowest BCUT2D eigenvalue weighted by molar-refractivity contribution is -0.152. The van der Waals surface area contributed by atoms with E-state index in [0.29, 0.717) is 12.3 Å². The monoisotopic (exact) mass is 320 g/mol. The Labute approximate surface area is 134 Å². The molecule has 1 amide bonds. The normalized spacial score (nSPS) is 19.8. The first kappa shape index (κ1) is 20.2. The summed E-state index contributed by atoms with van der Waals surface area (Å²) in [6, 6.07) is -0.723. The zero-order valence-corrected chi connectivity index (χ0v) is 14.3. The quantitative estimate of drug-likeness (QED) is 0.735. The van der Waals surface area contributed by atoms with Crippen LogP contribution in [0, 0.1) is 5.92 Å². The molecule has 1 fully saturated rings.